The molecule has 0 spiro atoms. The number of nitrogens with zero attached hydrogens (tertiary/aromatic N) is 2. The molecule has 82 valence electrons. The van der Waals surface area contributed by atoms with Crippen LogP contribution in [0.2, 0.25) is 0 Å². The summed E-state index contributed by atoms with van der Waals surface area (Å²) >= 11 is 0. The van der Waals surface area contributed by atoms with Gasteiger partial charge in [0.25, 0.3) is 5.89 Å². The number of aryl methyl sites for hydroxylation is 2. The summed E-state index contributed by atoms with van der Waals surface area (Å²) in [5.74, 6) is 0.562. The van der Waals surface area contributed by atoms with Gasteiger partial charge in [0.15, 0.2) is 5.82 Å². The maximum atomic E-state index is 10.4. The number of benzene rings is 1. The van der Waals surface area contributed by atoms with Crippen molar-refractivity contribution in [2.24, 2.45) is 0 Å². The van der Waals surface area contributed by atoms with Crippen molar-refractivity contribution in [1.82, 2.24) is 10.1 Å². The van der Waals surface area contributed by atoms with Crippen molar-refractivity contribution < 1.29 is 9.32 Å². The Morgan fingerprint density at radius 1 is 1.25 bits per heavy atom. The predicted molar refractivity (Wildman–Crippen MR) is 58.4 cm³/mol. The van der Waals surface area contributed by atoms with Gasteiger partial charge in [-0.05, 0) is 19.4 Å². The quantitative estimate of drug-likeness (QED) is 0.737. The topological polar surface area (TPSA) is 56.0 Å². The average Bonchev–Trinajstić information content (AvgIpc) is 2.64. The van der Waals surface area contributed by atoms with Crippen LogP contribution < -0.4 is 0 Å². The third kappa shape index (κ3) is 2.34. The van der Waals surface area contributed by atoms with Gasteiger partial charge in [-0.25, -0.2) is 0 Å². The van der Waals surface area contributed by atoms with Gasteiger partial charge < -0.3 is 4.52 Å². The summed E-state index contributed by atoms with van der Waals surface area (Å²) in [4.78, 5) is 14.3. The molecule has 0 saturated carbocycles. The van der Waals surface area contributed by atoms with Crippen molar-refractivity contribution >= 4 is 6.29 Å². The van der Waals surface area contributed by atoms with Gasteiger partial charge in [0.1, 0.15) is 0 Å². The van der Waals surface area contributed by atoms with Crippen LogP contribution in [-0.2, 0) is 6.42 Å². The van der Waals surface area contributed by atoms with Crippen LogP contribution in [0.4, 0.5) is 0 Å². The van der Waals surface area contributed by atoms with Crippen LogP contribution in [0.5, 0.6) is 0 Å². The van der Waals surface area contributed by atoms with Crippen LogP contribution in [0.15, 0.2) is 22.7 Å². The van der Waals surface area contributed by atoms with Crippen molar-refractivity contribution in [3.8, 4) is 0 Å². The van der Waals surface area contributed by atoms with Gasteiger partial charge in [-0.3, -0.25) is 4.79 Å². The highest BCUT2D eigenvalue weighted by Gasteiger charge is 2.06. The number of carbonyl (C=O) groups is 1. The highest BCUT2D eigenvalue weighted by molar-refractivity contribution is 5.66. The largest absolute Gasteiger partial charge is 0.331 e. The lowest BCUT2D eigenvalue weighted by molar-refractivity contribution is 0.108. The maximum absolute atomic E-state index is 10.4. The van der Waals surface area contributed by atoms with Crippen LogP contribution in [0.25, 0.3) is 0 Å². The van der Waals surface area contributed by atoms with E-state index in [4.69, 9.17) is 4.52 Å². The van der Waals surface area contributed by atoms with Crippen molar-refractivity contribution in [2.75, 3.05) is 0 Å². The molecular formula is C12H12N2O2. The summed E-state index contributed by atoms with van der Waals surface area (Å²) in [6.07, 6.45) is 1.14. The molecule has 0 fully saturated rings. The molecule has 2 aromatic rings. The number of carbonyl (C=O) groups excluding carboxylic acids is 1. The molecule has 0 saturated heterocycles. The summed E-state index contributed by atoms with van der Waals surface area (Å²) < 4.78 is 4.72. The third-order valence-electron chi connectivity index (χ3n) is 2.23. The lowest BCUT2D eigenvalue weighted by Gasteiger charge is -2.01. The summed E-state index contributed by atoms with van der Waals surface area (Å²) in [6, 6.07) is 6.25. The van der Waals surface area contributed by atoms with Crippen LogP contribution >= 0.6 is 0 Å². The van der Waals surface area contributed by atoms with Crippen molar-refractivity contribution in [3.05, 3.63) is 46.6 Å². The highest BCUT2D eigenvalue weighted by Crippen LogP contribution is 2.12. The molecule has 4 nitrogen and oxygen atoms in total. The molecule has 1 heterocycles. The van der Waals surface area contributed by atoms with E-state index in [0.29, 0.717) is 18.5 Å². The molecular weight excluding hydrogens is 204 g/mol. The Kier molecular flexibility index (Phi) is 2.81. The van der Waals surface area contributed by atoms with E-state index in [-0.39, 0.29) is 5.89 Å². The van der Waals surface area contributed by atoms with Crippen molar-refractivity contribution in [2.45, 2.75) is 20.3 Å². The first-order valence-corrected chi connectivity index (χ1v) is 5.02. The van der Waals surface area contributed by atoms with Gasteiger partial charge in [0.05, 0.1) is 0 Å². The smallest absolute Gasteiger partial charge is 0.290 e. The van der Waals surface area contributed by atoms with E-state index < -0.39 is 0 Å². The Hall–Kier alpha value is -1.97. The van der Waals surface area contributed by atoms with Gasteiger partial charge in [0, 0.05) is 6.42 Å². The van der Waals surface area contributed by atoms with E-state index in [1.54, 1.807) is 0 Å². The molecule has 0 aliphatic heterocycles. The minimum atomic E-state index is 0.0272. The summed E-state index contributed by atoms with van der Waals surface area (Å²) in [5.41, 5.74) is 3.53. The van der Waals surface area contributed by atoms with E-state index in [2.05, 4.69) is 28.3 Å². The van der Waals surface area contributed by atoms with Crippen LogP contribution in [-0.4, -0.2) is 16.4 Å². The van der Waals surface area contributed by atoms with E-state index >= 15 is 0 Å². The minimum Gasteiger partial charge on any atom is -0.331 e. The zero-order valence-electron chi connectivity index (χ0n) is 9.23. The molecule has 1 aromatic carbocycles. The fourth-order valence-corrected chi connectivity index (χ4v) is 1.74. The van der Waals surface area contributed by atoms with Gasteiger partial charge >= 0.3 is 0 Å². The van der Waals surface area contributed by atoms with Gasteiger partial charge in [0.2, 0.25) is 6.29 Å². The molecule has 0 aliphatic carbocycles. The molecule has 0 unspecified atom stereocenters. The summed E-state index contributed by atoms with van der Waals surface area (Å²) in [6.45, 7) is 4.09. The first kappa shape index (κ1) is 10.5. The molecule has 0 aliphatic rings. The van der Waals surface area contributed by atoms with E-state index in [1.807, 2.05) is 13.8 Å². The molecule has 4 heteroatoms. The lowest BCUT2D eigenvalue weighted by Crippen LogP contribution is -1.93. The molecule has 1 aromatic heterocycles. The van der Waals surface area contributed by atoms with Crippen LogP contribution in [0, 0.1) is 13.8 Å². The highest BCUT2D eigenvalue weighted by atomic mass is 16.5. The molecule has 0 amide bonds. The Labute approximate surface area is 93.3 Å². The Bertz CT molecular complexity index is 497. The Balaban J connectivity index is 2.22. The zero-order chi connectivity index (χ0) is 11.5. The molecule has 16 heavy (non-hydrogen) atoms. The number of aromatic nitrogens is 2. The standard InChI is InChI=1S/C12H12N2O2/c1-8-3-9(2)5-10(4-8)6-11-13-12(7-15)16-14-11/h3-5,7H,6H2,1-2H3. The van der Waals surface area contributed by atoms with E-state index in [0.717, 1.165) is 5.56 Å². The summed E-state index contributed by atoms with van der Waals surface area (Å²) in [7, 11) is 0. The third-order valence-corrected chi connectivity index (χ3v) is 2.23. The van der Waals surface area contributed by atoms with Crippen LogP contribution in [0.3, 0.4) is 0 Å². The average molecular weight is 216 g/mol. The summed E-state index contributed by atoms with van der Waals surface area (Å²) in [5, 5.41) is 3.72. The molecule has 0 atom stereocenters. The lowest BCUT2D eigenvalue weighted by atomic mass is 10.1. The fraction of sp³-hybridized carbons (Fsp3) is 0.250. The Morgan fingerprint density at radius 2 is 1.94 bits per heavy atom. The number of rotatable bonds is 3. The number of hydrogen-bond donors (Lipinski definition) is 0. The van der Waals surface area contributed by atoms with E-state index in [9.17, 15) is 4.79 Å². The second kappa shape index (κ2) is 4.26. The second-order valence-electron chi connectivity index (χ2n) is 3.84. The Morgan fingerprint density at radius 3 is 2.50 bits per heavy atom. The van der Waals surface area contributed by atoms with Crippen molar-refractivity contribution in [3.63, 3.8) is 0 Å². The molecule has 0 N–H and O–H groups in total. The van der Waals surface area contributed by atoms with Gasteiger partial charge in [-0.15, -0.1) is 0 Å². The maximum Gasteiger partial charge on any atom is 0.290 e. The first-order valence-electron chi connectivity index (χ1n) is 5.02. The van der Waals surface area contributed by atoms with Crippen LogP contribution in [0.1, 0.15) is 33.2 Å². The van der Waals surface area contributed by atoms with E-state index in [1.165, 1.54) is 11.1 Å². The second-order valence-corrected chi connectivity index (χ2v) is 3.84. The molecule has 0 radical (unpaired) electrons. The fourth-order valence-electron chi connectivity index (χ4n) is 1.74. The van der Waals surface area contributed by atoms with Gasteiger partial charge in [-0.2, -0.15) is 4.98 Å². The SMILES string of the molecule is Cc1cc(C)cc(Cc2noc(C=O)n2)c1. The number of hydrogen-bond acceptors (Lipinski definition) is 4. The monoisotopic (exact) mass is 216 g/mol. The predicted octanol–water partition coefficient (Wildman–Crippen LogP) is 2.09. The number of aldehydes is 1. The molecule has 0 bridgehead atoms. The van der Waals surface area contributed by atoms with Gasteiger partial charge in [-0.1, -0.05) is 34.5 Å². The first-order chi connectivity index (χ1) is 7.67. The normalized spacial score (nSPS) is 10.4. The minimum absolute atomic E-state index is 0.0272. The van der Waals surface area contributed by atoms with Crippen molar-refractivity contribution in [1.29, 1.82) is 0 Å². The molecule has 2 rings (SSSR count). The zero-order valence-corrected chi connectivity index (χ0v) is 9.23.